The highest BCUT2D eigenvalue weighted by atomic mass is 14.6. The second-order valence-electron chi connectivity index (χ2n) is 7.91. The van der Waals surface area contributed by atoms with Gasteiger partial charge in [-0.05, 0) is 74.6 Å². The summed E-state index contributed by atoms with van der Waals surface area (Å²) in [6.45, 7) is 15.3. The average molecular weight is 324 g/mol. The number of benzene rings is 1. The number of hydrogen-bond acceptors (Lipinski definition) is 1. The van der Waals surface area contributed by atoms with Gasteiger partial charge in [0.1, 0.15) is 0 Å². The molecular formula is C23H33N. The molecule has 2 rings (SSSR count). The lowest BCUT2D eigenvalue weighted by Gasteiger charge is -2.33. The van der Waals surface area contributed by atoms with E-state index in [4.69, 9.17) is 5.73 Å². The SMILES string of the molecule is C=C(C)c1c(CCC)cc(N)c2c1CC(C)(CCC=C(C)C)C=C2. The Morgan fingerprint density at radius 1 is 1.33 bits per heavy atom. The highest BCUT2D eigenvalue weighted by molar-refractivity contribution is 5.80. The van der Waals surface area contributed by atoms with Crippen molar-refractivity contribution >= 4 is 17.3 Å². The van der Waals surface area contributed by atoms with Gasteiger partial charge in [0.2, 0.25) is 0 Å². The molecule has 0 aliphatic heterocycles. The minimum Gasteiger partial charge on any atom is -0.398 e. The van der Waals surface area contributed by atoms with Gasteiger partial charge in [0, 0.05) is 11.3 Å². The van der Waals surface area contributed by atoms with E-state index in [-0.39, 0.29) is 5.41 Å². The summed E-state index contributed by atoms with van der Waals surface area (Å²) < 4.78 is 0. The summed E-state index contributed by atoms with van der Waals surface area (Å²) in [5, 5.41) is 0. The molecule has 0 amide bonds. The molecule has 0 spiro atoms. The van der Waals surface area contributed by atoms with Crippen LogP contribution in [-0.2, 0) is 12.8 Å². The molecule has 1 nitrogen and oxygen atoms in total. The third-order valence-corrected chi connectivity index (χ3v) is 5.04. The smallest absolute Gasteiger partial charge is 0.0393 e. The van der Waals surface area contributed by atoms with Crippen molar-refractivity contribution in [2.75, 3.05) is 5.73 Å². The third-order valence-electron chi connectivity index (χ3n) is 5.04. The van der Waals surface area contributed by atoms with E-state index in [0.29, 0.717) is 0 Å². The quantitative estimate of drug-likeness (QED) is 0.464. The van der Waals surface area contributed by atoms with Crippen LogP contribution in [-0.4, -0.2) is 0 Å². The van der Waals surface area contributed by atoms with Crippen LogP contribution in [0.15, 0.2) is 30.4 Å². The van der Waals surface area contributed by atoms with Gasteiger partial charge < -0.3 is 5.73 Å². The van der Waals surface area contributed by atoms with Crippen molar-refractivity contribution in [1.29, 1.82) is 0 Å². The van der Waals surface area contributed by atoms with Gasteiger partial charge in [-0.3, -0.25) is 0 Å². The van der Waals surface area contributed by atoms with Gasteiger partial charge in [0.25, 0.3) is 0 Å². The monoisotopic (exact) mass is 323 g/mol. The van der Waals surface area contributed by atoms with Gasteiger partial charge in [0.05, 0.1) is 0 Å². The number of hydrogen-bond donors (Lipinski definition) is 1. The van der Waals surface area contributed by atoms with Crippen LogP contribution in [0, 0.1) is 5.41 Å². The fourth-order valence-electron chi connectivity index (χ4n) is 3.83. The highest BCUT2D eigenvalue weighted by Gasteiger charge is 2.29. The van der Waals surface area contributed by atoms with Gasteiger partial charge in [-0.15, -0.1) is 0 Å². The molecule has 0 saturated carbocycles. The van der Waals surface area contributed by atoms with Crippen LogP contribution < -0.4 is 5.73 Å². The molecule has 1 aliphatic carbocycles. The van der Waals surface area contributed by atoms with Crippen molar-refractivity contribution in [3.8, 4) is 0 Å². The van der Waals surface area contributed by atoms with Crippen LogP contribution in [0.25, 0.3) is 11.6 Å². The minimum atomic E-state index is 0.195. The number of anilines is 1. The molecule has 1 aromatic carbocycles. The maximum Gasteiger partial charge on any atom is 0.0393 e. The van der Waals surface area contributed by atoms with E-state index in [1.54, 1.807) is 0 Å². The zero-order chi connectivity index (χ0) is 17.9. The Balaban J connectivity index is 2.44. The van der Waals surface area contributed by atoms with E-state index in [0.717, 1.165) is 36.9 Å². The van der Waals surface area contributed by atoms with E-state index in [2.05, 4.69) is 65.5 Å². The van der Waals surface area contributed by atoms with Crippen LogP contribution in [0.3, 0.4) is 0 Å². The Morgan fingerprint density at radius 2 is 2.04 bits per heavy atom. The number of rotatable bonds is 6. The molecule has 0 saturated heterocycles. The van der Waals surface area contributed by atoms with Gasteiger partial charge in [-0.2, -0.15) is 0 Å². The lowest BCUT2D eigenvalue weighted by molar-refractivity contribution is 0.390. The molecule has 0 heterocycles. The topological polar surface area (TPSA) is 26.0 Å². The first-order chi connectivity index (χ1) is 11.3. The summed E-state index contributed by atoms with van der Waals surface area (Å²) in [7, 11) is 0. The van der Waals surface area contributed by atoms with E-state index in [1.165, 1.54) is 34.2 Å². The largest absolute Gasteiger partial charge is 0.398 e. The van der Waals surface area contributed by atoms with Crippen molar-refractivity contribution in [3.63, 3.8) is 0 Å². The van der Waals surface area contributed by atoms with Gasteiger partial charge in [-0.1, -0.05) is 56.2 Å². The zero-order valence-corrected chi connectivity index (χ0v) is 16.1. The van der Waals surface area contributed by atoms with Crippen molar-refractivity contribution in [1.82, 2.24) is 0 Å². The van der Waals surface area contributed by atoms with Crippen molar-refractivity contribution < 1.29 is 0 Å². The third kappa shape index (κ3) is 4.01. The summed E-state index contributed by atoms with van der Waals surface area (Å²) >= 11 is 0. The van der Waals surface area contributed by atoms with Crippen molar-refractivity contribution in [2.24, 2.45) is 5.41 Å². The van der Waals surface area contributed by atoms with E-state index >= 15 is 0 Å². The first-order valence-corrected chi connectivity index (χ1v) is 9.20. The lowest BCUT2D eigenvalue weighted by atomic mass is 9.72. The van der Waals surface area contributed by atoms with Crippen molar-refractivity contribution in [3.05, 3.63) is 52.6 Å². The predicted molar refractivity (Wildman–Crippen MR) is 109 cm³/mol. The molecule has 1 atom stereocenters. The molecule has 0 bridgehead atoms. The van der Waals surface area contributed by atoms with E-state index in [9.17, 15) is 0 Å². The second-order valence-corrected chi connectivity index (χ2v) is 7.91. The Hall–Kier alpha value is -1.76. The minimum absolute atomic E-state index is 0.195. The maximum absolute atomic E-state index is 6.38. The van der Waals surface area contributed by atoms with E-state index in [1.807, 2.05) is 0 Å². The summed E-state index contributed by atoms with van der Waals surface area (Å²) in [5.41, 5.74) is 15.4. The van der Waals surface area contributed by atoms with E-state index < -0.39 is 0 Å². The van der Waals surface area contributed by atoms with Crippen LogP contribution in [0.4, 0.5) is 5.69 Å². The summed E-state index contributed by atoms with van der Waals surface area (Å²) in [6, 6.07) is 2.17. The maximum atomic E-state index is 6.38. The molecule has 2 N–H and O–H groups in total. The Morgan fingerprint density at radius 3 is 2.62 bits per heavy atom. The molecule has 1 unspecified atom stereocenters. The van der Waals surface area contributed by atoms with Gasteiger partial charge in [0.15, 0.2) is 0 Å². The molecule has 1 heteroatoms. The first-order valence-electron chi connectivity index (χ1n) is 9.20. The van der Waals surface area contributed by atoms with Gasteiger partial charge in [-0.25, -0.2) is 0 Å². The van der Waals surface area contributed by atoms with Crippen LogP contribution >= 0.6 is 0 Å². The Labute approximate surface area is 148 Å². The first kappa shape index (κ1) is 18.6. The summed E-state index contributed by atoms with van der Waals surface area (Å²) in [5.74, 6) is 0. The zero-order valence-electron chi connectivity index (χ0n) is 16.1. The number of aryl methyl sites for hydroxylation is 1. The molecule has 24 heavy (non-hydrogen) atoms. The number of allylic oxidation sites excluding steroid dienone is 4. The van der Waals surface area contributed by atoms with Crippen molar-refractivity contribution in [2.45, 2.75) is 66.7 Å². The fraction of sp³-hybridized carbons (Fsp3) is 0.478. The molecular weight excluding hydrogens is 290 g/mol. The lowest BCUT2D eigenvalue weighted by Crippen LogP contribution is -2.22. The standard InChI is InChI=1S/C23H33N/c1-7-9-18-14-21(24)19-11-13-23(6,12-8-10-16(2)3)15-20(19)22(18)17(4)5/h10-11,13-14H,4,7-9,12,15,24H2,1-3,5-6H3. The second kappa shape index (κ2) is 7.42. The molecule has 1 aliphatic rings. The molecule has 0 aromatic heterocycles. The normalized spacial score (nSPS) is 19.0. The fourth-order valence-corrected chi connectivity index (χ4v) is 3.83. The van der Waals surface area contributed by atoms with Crippen LogP contribution in [0.1, 0.15) is 76.1 Å². The Kier molecular flexibility index (Phi) is 5.74. The molecule has 1 aromatic rings. The summed E-state index contributed by atoms with van der Waals surface area (Å²) in [4.78, 5) is 0. The average Bonchev–Trinajstić information content (AvgIpc) is 2.46. The highest BCUT2D eigenvalue weighted by Crippen LogP contribution is 2.42. The summed E-state index contributed by atoms with van der Waals surface area (Å²) in [6.07, 6.45) is 12.5. The van der Waals surface area contributed by atoms with Crippen LogP contribution in [0.5, 0.6) is 0 Å². The number of nitrogens with two attached hydrogens (primary N) is 1. The van der Waals surface area contributed by atoms with Gasteiger partial charge >= 0.3 is 0 Å². The number of nitrogen functional groups attached to an aromatic ring is 1. The predicted octanol–water partition coefficient (Wildman–Crippen LogP) is 6.58. The molecule has 130 valence electrons. The van der Waals surface area contributed by atoms with Crippen LogP contribution in [0.2, 0.25) is 0 Å². The molecule has 0 fully saturated rings. The molecule has 0 radical (unpaired) electrons. The number of fused-ring (bicyclic) bond motifs is 1. The Bertz CT molecular complexity index is 686.